The number of anilines is 1. The molecule has 0 spiro atoms. The van der Waals surface area contributed by atoms with Gasteiger partial charge in [-0.15, -0.1) is 11.3 Å². The topological polar surface area (TPSA) is 69.0 Å². The molecule has 0 unspecified atom stereocenters. The van der Waals surface area contributed by atoms with Gasteiger partial charge >= 0.3 is 0 Å². The molecule has 142 valence electrons. The molecule has 4 aromatic rings. The highest BCUT2D eigenvalue weighted by Crippen LogP contribution is 2.35. The lowest BCUT2D eigenvalue weighted by Crippen LogP contribution is -2.12. The summed E-state index contributed by atoms with van der Waals surface area (Å²) in [6.07, 6.45) is 3.74. The van der Waals surface area contributed by atoms with Crippen LogP contribution in [0.1, 0.15) is 15.4 Å². The van der Waals surface area contributed by atoms with Gasteiger partial charge in [-0.3, -0.25) is 4.79 Å². The molecule has 8 heteroatoms. The fourth-order valence-electron chi connectivity index (χ4n) is 3.06. The average Bonchev–Trinajstić information content (AvgIpc) is 3.22. The quantitative estimate of drug-likeness (QED) is 0.516. The molecule has 1 aromatic carbocycles. The van der Waals surface area contributed by atoms with Crippen molar-refractivity contribution in [2.75, 3.05) is 12.4 Å². The number of nitrogens with one attached hydrogen (secondary N) is 1. The maximum atomic E-state index is 12.9. The van der Waals surface area contributed by atoms with Crippen molar-refractivity contribution < 1.29 is 9.53 Å². The zero-order valence-electron chi connectivity index (χ0n) is 15.5. The second-order valence-corrected chi connectivity index (χ2v) is 7.70. The first-order chi connectivity index (χ1) is 13.5. The lowest BCUT2D eigenvalue weighted by molar-refractivity contribution is 0.102. The summed E-state index contributed by atoms with van der Waals surface area (Å²) in [4.78, 5) is 22.4. The van der Waals surface area contributed by atoms with E-state index in [2.05, 4.69) is 15.3 Å². The van der Waals surface area contributed by atoms with E-state index in [1.807, 2.05) is 36.9 Å². The van der Waals surface area contributed by atoms with Crippen LogP contribution in [0, 0.1) is 6.92 Å². The molecular weight excluding hydrogens is 396 g/mol. The normalized spacial score (nSPS) is 11.0. The molecule has 0 fully saturated rings. The summed E-state index contributed by atoms with van der Waals surface area (Å²) in [7, 11) is 3.49. The van der Waals surface area contributed by atoms with Gasteiger partial charge in [0.1, 0.15) is 21.3 Å². The molecule has 0 radical (unpaired) electrons. The van der Waals surface area contributed by atoms with Crippen LogP contribution in [0.2, 0.25) is 5.02 Å². The number of fused-ring (bicyclic) bond motifs is 1. The van der Waals surface area contributed by atoms with Crippen LogP contribution in [0.25, 0.3) is 21.6 Å². The highest BCUT2D eigenvalue weighted by atomic mass is 35.5. The number of pyridine rings is 1. The molecule has 0 aliphatic rings. The van der Waals surface area contributed by atoms with Gasteiger partial charge in [0, 0.05) is 35.4 Å². The van der Waals surface area contributed by atoms with Crippen molar-refractivity contribution in [1.82, 2.24) is 14.5 Å². The highest BCUT2D eigenvalue weighted by molar-refractivity contribution is 7.17. The fraction of sp³-hybridized carbons (Fsp3) is 0.150. The van der Waals surface area contributed by atoms with Crippen molar-refractivity contribution in [2.45, 2.75) is 6.92 Å². The van der Waals surface area contributed by atoms with E-state index in [9.17, 15) is 4.79 Å². The van der Waals surface area contributed by atoms with Gasteiger partial charge in [0.25, 0.3) is 5.91 Å². The van der Waals surface area contributed by atoms with Gasteiger partial charge in [0.2, 0.25) is 0 Å². The summed E-state index contributed by atoms with van der Waals surface area (Å²) in [5.74, 6) is 0.292. The van der Waals surface area contributed by atoms with Gasteiger partial charge in [-0.2, -0.15) is 0 Å². The fourth-order valence-corrected chi connectivity index (χ4v) is 4.22. The number of ether oxygens (including phenoxy) is 1. The summed E-state index contributed by atoms with van der Waals surface area (Å²) >= 11 is 7.40. The van der Waals surface area contributed by atoms with Gasteiger partial charge in [-0.1, -0.05) is 11.6 Å². The third kappa shape index (κ3) is 3.23. The molecule has 4 rings (SSSR count). The molecule has 0 aliphatic carbocycles. The number of methoxy groups -OCH3 is 1. The van der Waals surface area contributed by atoms with Crippen LogP contribution in [-0.2, 0) is 7.05 Å². The van der Waals surface area contributed by atoms with Crippen LogP contribution >= 0.6 is 22.9 Å². The van der Waals surface area contributed by atoms with Crippen molar-refractivity contribution in [1.29, 1.82) is 0 Å². The van der Waals surface area contributed by atoms with E-state index in [0.29, 0.717) is 27.0 Å². The number of rotatable bonds is 4. The zero-order valence-corrected chi connectivity index (χ0v) is 17.1. The number of halogens is 1. The third-order valence-electron chi connectivity index (χ3n) is 4.38. The monoisotopic (exact) mass is 412 g/mol. The number of aromatic nitrogens is 3. The Balaban J connectivity index is 1.70. The highest BCUT2D eigenvalue weighted by Gasteiger charge is 2.20. The van der Waals surface area contributed by atoms with Crippen LogP contribution in [0.15, 0.2) is 42.7 Å². The van der Waals surface area contributed by atoms with E-state index < -0.39 is 0 Å². The smallest absolute Gasteiger partial charge is 0.267 e. The van der Waals surface area contributed by atoms with Gasteiger partial charge in [-0.05, 0) is 37.3 Å². The molecule has 6 nitrogen and oxygen atoms in total. The van der Waals surface area contributed by atoms with Gasteiger partial charge < -0.3 is 14.6 Å². The van der Waals surface area contributed by atoms with E-state index in [4.69, 9.17) is 16.3 Å². The van der Waals surface area contributed by atoms with Crippen molar-refractivity contribution in [3.05, 3.63) is 58.3 Å². The SMILES string of the molecule is COc1ccc(Cl)cc1NC(=O)c1sc(-c2cn(C)c3ncccc23)nc1C. The van der Waals surface area contributed by atoms with Crippen LogP contribution in [0.5, 0.6) is 5.75 Å². The molecule has 3 aromatic heterocycles. The minimum absolute atomic E-state index is 0.250. The van der Waals surface area contributed by atoms with Crippen LogP contribution in [0.3, 0.4) is 0 Å². The lowest BCUT2D eigenvalue weighted by Gasteiger charge is -2.09. The Kier molecular flexibility index (Phi) is 4.78. The molecule has 28 heavy (non-hydrogen) atoms. The number of aryl methyl sites for hydroxylation is 2. The first-order valence-electron chi connectivity index (χ1n) is 8.50. The number of benzene rings is 1. The third-order valence-corrected chi connectivity index (χ3v) is 5.80. The Morgan fingerprint density at radius 1 is 1.32 bits per heavy atom. The van der Waals surface area contributed by atoms with Gasteiger partial charge in [-0.25, -0.2) is 9.97 Å². The Morgan fingerprint density at radius 3 is 2.93 bits per heavy atom. The number of nitrogens with zero attached hydrogens (tertiary/aromatic N) is 3. The summed E-state index contributed by atoms with van der Waals surface area (Å²) in [6.45, 7) is 1.83. The van der Waals surface area contributed by atoms with Crippen molar-refractivity contribution in [2.24, 2.45) is 7.05 Å². The predicted octanol–water partition coefficient (Wildman–Crippen LogP) is 4.92. The second-order valence-electron chi connectivity index (χ2n) is 6.26. The maximum Gasteiger partial charge on any atom is 0.267 e. The number of carbonyl (C=O) groups excluding carboxylic acids is 1. The van der Waals surface area contributed by atoms with Crippen LogP contribution in [0.4, 0.5) is 5.69 Å². The molecule has 1 N–H and O–H groups in total. The zero-order chi connectivity index (χ0) is 19.8. The standard InChI is InChI=1S/C20H17ClN4O2S/c1-11-17(19(26)24-15-9-12(21)6-7-16(15)27-3)28-20(23-11)14-10-25(2)18-13(14)5-4-8-22-18/h4-10H,1-3H3,(H,24,26). The molecule has 0 aliphatic heterocycles. The minimum atomic E-state index is -0.250. The molecule has 1 amide bonds. The summed E-state index contributed by atoms with van der Waals surface area (Å²) < 4.78 is 7.25. The Bertz CT molecular complexity index is 1200. The second kappa shape index (κ2) is 7.26. The number of amides is 1. The minimum Gasteiger partial charge on any atom is -0.495 e. The average molecular weight is 413 g/mol. The van der Waals surface area contributed by atoms with Gasteiger partial charge in [0.05, 0.1) is 18.5 Å². The van der Waals surface area contributed by atoms with Crippen LogP contribution < -0.4 is 10.1 Å². The molecule has 0 saturated heterocycles. The van der Waals surface area contributed by atoms with E-state index in [1.165, 1.54) is 11.3 Å². The molecule has 3 heterocycles. The summed E-state index contributed by atoms with van der Waals surface area (Å²) in [6, 6.07) is 8.98. The first-order valence-corrected chi connectivity index (χ1v) is 9.70. The van der Waals surface area contributed by atoms with E-state index in [0.717, 1.165) is 21.6 Å². The Hall–Kier alpha value is -2.90. The summed E-state index contributed by atoms with van der Waals surface area (Å²) in [5, 5.41) is 5.17. The van der Waals surface area contributed by atoms with E-state index >= 15 is 0 Å². The molecule has 0 atom stereocenters. The number of thiazole rings is 1. The lowest BCUT2D eigenvalue weighted by atomic mass is 10.2. The van der Waals surface area contributed by atoms with E-state index in [1.54, 1.807) is 31.5 Å². The molecule has 0 bridgehead atoms. The predicted molar refractivity (Wildman–Crippen MR) is 113 cm³/mol. The Labute approximate surface area is 170 Å². The molecule has 0 saturated carbocycles. The first kappa shape index (κ1) is 18.5. The van der Waals surface area contributed by atoms with Crippen molar-refractivity contribution in [3.8, 4) is 16.3 Å². The number of hydrogen-bond donors (Lipinski definition) is 1. The van der Waals surface area contributed by atoms with Crippen molar-refractivity contribution in [3.63, 3.8) is 0 Å². The number of carbonyl (C=O) groups is 1. The molecular formula is C20H17ClN4O2S. The Morgan fingerprint density at radius 2 is 2.14 bits per heavy atom. The van der Waals surface area contributed by atoms with Crippen molar-refractivity contribution >= 4 is 45.6 Å². The number of hydrogen-bond acceptors (Lipinski definition) is 5. The van der Waals surface area contributed by atoms with Crippen LogP contribution in [-0.4, -0.2) is 27.6 Å². The summed E-state index contributed by atoms with van der Waals surface area (Å²) in [5.41, 5.74) is 3.02. The van der Waals surface area contributed by atoms with Gasteiger partial charge in [0.15, 0.2) is 0 Å². The van der Waals surface area contributed by atoms with E-state index in [-0.39, 0.29) is 5.91 Å². The largest absolute Gasteiger partial charge is 0.495 e. The maximum absolute atomic E-state index is 12.9.